The lowest BCUT2D eigenvalue weighted by Gasteiger charge is -2.36. The van der Waals surface area contributed by atoms with Crippen LogP contribution in [0, 0.1) is 0 Å². The molecule has 144 valence electrons. The van der Waals surface area contributed by atoms with Crippen molar-refractivity contribution in [2.75, 3.05) is 26.7 Å². The van der Waals surface area contributed by atoms with E-state index in [1.165, 1.54) is 5.41 Å². The second kappa shape index (κ2) is 9.26. The molecule has 1 fully saturated rings. The number of rotatable bonds is 7. The van der Waals surface area contributed by atoms with Crippen LogP contribution in [0.4, 0.5) is 0 Å². The van der Waals surface area contributed by atoms with Crippen LogP contribution >= 0.6 is 0 Å². The molecule has 0 aliphatic carbocycles. The average molecular weight is 386 g/mol. The number of likely N-dealkylation sites (N-methyl/N-ethyl adjacent to an activating group) is 1. The molecular formula is C21H27N3O2S. The molecule has 1 aliphatic rings. The zero-order valence-corrected chi connectivity index (χ0v) is 16.6. The van der Waals surface area contributed by atoms with E-state index in [0.29, 0.717) is 13.1 Å². The number of aromatic nitrogens is 1. The summed E-state index contributed by atoms with van der Waals surface area (Å²) in [7, 11) is -1.33. The first-order valence-corrected chi connectivity index (χ1v) is 10.9. The number of benzene rings is 1. The smallest absolute Gasteiger partial charge is 0.236 e. The third-order valence-corrected chi connectivity index (χ3v) is 6.55. The van der Waals surface area contributed by atoms with E-state index in [9.17, 15) is 8.42 Å². The zero-order chi connectivity index (χ0) is 19.1. The number of pyridine rings is 1. The third-order valence-electron chi connectivity index (χ3n) is 5.02. The Kier molecular flexibility index (Phi) is 6.77. The van der Waals surface area contributed by atoms with Crippen molar-refractivity contribution in [2.24, 2.45) is 0 Å². The topological polar surface area (TPSA) is 53.5 Å². The van der Waals surface area contributed by atoms with E-state index in [4.69, 9.17) is 0 Å². The van der Waals surface area contributed by atoms with Gasteiger partial charge in [0, 0.05) is 49.4 Å². The molecule has 1 aliphatic heterocycles. The Hall–Kier alpha value is -2.02. The Morgan fingerprint density at radius 3 is 2.70 bits per heavy atom. The van der Waals surface area contributed by atoms with Crippen molar-refractivity contribution < 1.29 is 8.42 Å². The Balaban J connectivity index is 1.58. The summed E-state index contributed by atoms with van der Waals surface area (Å²) in [6.45, 7) is 2.00. The molecule has 3 rings (SSSR count). The van der Waals surface area contributed by atoms with Crippen molar-refractivity contribution in [1.82, 2.24) is 14.2 Å². The van der Waals surface area contributed by atoms with E-state index in [1.807, 2.05) is 54.7 Å². The first-order chi connectivity index (χ1) is 13.0. The Labute approximate surface area is 162 Å². The lowest BCUT2D eigenvalue weighted by molar-refractivity contribution is 0.165. The molecule has 27 heavy (non-hydrogen) atoms. The monoisotopic (exact) mass is 385 g/mol. The molecule has 1 aromatic heterocycles. The predicted molar refractivity (Wildman–Crippen MR) is 110 cm³/mol. The van der Waals surface area contributed by atoms with Crippen molar-refractivity contribution in [1.29, 1.82) is 0 Å². The third kappa shape index (κ3) is 5.73. The van der Waals surface area contributed by atoms with Crippen molar-refractivity contribution >= 4 is 16.1 Å². The Morgan fingerprint density at radius 1 is 1.19 bits per heavy atom. The minimum absolute atomic E-state index is 0.238. The first-order valence-electron chi connectivity index (χ1n) is 9.38. The normalized spacial score (nSPS) is 19.0. The molecule has 1 saturated heterocycles. The summed E-state index contributed by atoms with van der Waals surface area (Å²) in [4.78, 5) is 6.62. The molecule has 0 bridgehead atoms. The molecule has 1 aromatic carbocycles. The molecule has 0 amide bonds. The highest BCUT2D eigenvalue weighted by atomic mass is 32.2. The minimum atomic E-state index is -3.40. The summed E-state index contributed by atoms with van der Waals surface area (Å²) in [6.07, 6.45) is 6.26. The lowest BCUT2D eigenvalue weighted by atomic mass is 10.1. The lowest BCUT2D eigenvalue weighted by Crippen LogP contribution is -2.48. The van der Waals surface area contributed by atoms with E-state index in [-0.39, 0.29) is 6.04 Å². The summed E-state index contributed by atoms with van der Waals surface area (Å²) in [6, 6.07) is 15.7. The molecule has 6 heteroatoms. The van der Waals surface area contributed by atoms with Gasteiger partial charge in [-0.3, -0.25) is 4.98 Å². The molecule has 1 atom stereocenters. The van der Waals surface area contributed by atoms with Gasteiger partial charge in [-0.2, -0.15) is 4.31 Å². The largest absolute Gasteiger partial charge is 0.302 e. The molecule has 0 saturated carbocycles. The molecule has 5 nitrogen and oxygen atoms in total. The van der Waals surface area contributed by atoms with Gasteiger partial charge in [0.25, 0.3) is 0 Å². The maximum absolute atomic E-state index is 12.7. The fourth-order valence-corrected chi connectivity index (χ4v) is 4.61. The van der Waals surface area contributed by atoms with Gasteiger partial charge >= 0.3 is 0 Å². The van der Waals surface area contributed by atoms with E-state index in [0.717, 1.165) is 37.1 Å². The number of nitrogens with zero attached hydrogens (tertiary/aromatic N) is 3. The van der Waals surface area contributed by atoms with Gasteiger partial charge in [0.2, 0.25) is 10.0 Å². The van der Waals surface area contributed by atoms with Crippen LogP contribution in [-0.2, 0) is 16.4 Å². The molecule has 2 aromatic rings. The number of piperidine rings is 1. The molecule has 0 spiro atoms. The quantitative estimate of drug-likeness (QED) is 0.735. The van der Waals surface area contributed by atoms with Gasteiger partial charge in [0.05, 0.1) is 0 Å². The SMILES string of the molecule is CN(CCc1ccccn1)[C@@H]1CCCN(S(=O)(=O)/C=C/c2ccccc2)C1. The fraction of sp³-hybridized carbons (Fsp3) is 0.381. The molecular weight excluding hydrogens is 358 g/mol. The highest BCUT2D eigenvalue weighted by Crippen LogP contribution is 2.19. The standard InChI is InChI=1S/C21H27N3O2S/c1-23(16-12-20-10-5-6-14-22-20)21-11-7-15-24(18-21)27(25,26)17-13-19-8-3-2-4-9-19/h2-6,8-10,13-14,17,21H,7,11-12,15-16,18H2,1H3/b17-13+/t21-/m1/s1. The second-order valence-corrected chi connectivity index (χ2v) is 8.78. The van der Waals surface area contributed by atoms with E-state index >= 15 is 0 Å². The molecule has 2 heterocycles. The van der Waals surface area contributed by atoms with Crippen LogP contribution in [0.2, 0.25) is 0 Å². The maximum atomic E-state index is 12.7. The summed E-state index contributed by atoms with van der Waals surface area (Å²) >= 11 is 0. The van der Waals surface area contributed by atoms with Crippen LogP contribution < -0.4 is 0 Å². The van der Waals surface area contributed by atoms with Gasteiger partial charge in [0.15, 0.2) is 0 Å². The van der Waals surface area contributed by atoms with Crippen molar-refractivity contribution in [3.05, 3.63) is 71.4 Å². The highest BCUT2D eigenvalue weighted by Gasteiger charge is 2.29. The van der Waals surface area contributed by atoms with E-state index in [2.05, 4.69) is 16.9 Å². The van der Waals surface area contributed by atoms with Crippen LogP contribution in [0.15, 0.2) is 60.1 Å². The maximum Gasteiger partial charge on any atom is 0.236 e. The average Bonchev–Trinajstić information content (AvgIpc) is 2.72. The zero-order valence-electron chi connectivity index (χ0n) is 15.7. The van der Waals surface area contributed by atoms with Gasteiger partial charge in [-0.1, -0.05) is 36.4 Å². The van der Waals surface area contributed by atoms with Crippen LogP contribution in [0.5, 0.6) is 0 Å². The highest BCUT2D eigenvalue weighted by molar-refractivity contribution is 7.92. The van der Waals surface area contributed by atoms with E-state index in [1.54, 1.807) is 10.4 Å². The Bertz CT molecular complexity index is 838. The first kappa shape index (κ1) is 19.7. The molecule has 0 radical (unpaired) electrons. The summed E-state index contributed by atoms with van der Waals surface area (Å²) in [5.74, 6) is 0. The van der Waals surface area contributed by atoms with Crippen molar-refractivity contribution in [3.63, 3.8) is 0 Å². The van der Waals surface area contributed by atoms with Gasteiger partial charge in [-0.25, -0.2) is 8.42 Å². The van der Waals surface area contributed by atoms with Crippen LogP contribution in [0.25, 0.3) is 6.08 Å². The number of sulfonamides is 1. The van der Waals surface area contributed by atoms with E-state index < -0.39 is 10.0 Å². The summed E-state index contributed by atoms with van der Waals surface area (Å²) in [5, 5.41) is 1.33. The van der Waals surface area contributed by atoms with Crippen molar-refractivity contribution in [2.45, 2.75) is 25.3 Å². The fourth-order valence-electron chi connectivity index (χ4n) is 3.35. The second-order valence-electron chi connectivity index (χ2n) is 6.96. The Morgan fingerprint density at radius 2 is 1.96 bits per heavy atom. The van der Waals surface area contributed by atoms with Gasteiger partial charge in [0.1, 0.15) is 0 Å². The predicted octanol–water partition coefficient (Wildman–Crippen LogP) is 3.02. The number of hydrogen-bond donors (Lipinski definition) is 0. The summed E-state index contributed by atoms with van der Waals surface area (Å²) in [5.41, 5.74) is 1.96. The van der Waals surface area contributed by atoms with Gasteiger partial charge < -0.3 is 4.90 Å². The van der Waals surface area contributed by atoms with Gasteiger partial charge in [-0.05, 0) is 43.7 Å². The van der Waals surface area contributed by atoms with Crippen LogP contribution in [-0.4, -0.2) is 55.3 Å². The summed E-state index contributed by atoms with van der Waals surface area (Å²) < 4.78 is 27.0. The van der Waals surface area contributed by atoms with Crippen LogP contribution in [0.3, 0.4) is 0 Å². The minimum Gasteiger partial charge on any atom is -0.302 e. The van der Waals surface area contributed by atoms with Crippen LogP contribution in [0.1, 0.15) is 24.1 Å². The molecule has 0 unspecified atom stereocenters. The number of hydrogen-bond acceptors (Lipinski definition) is 4. The molecule has 0 N–H and O–H groups in total. The van der Waals surface area contributed by atoms with Gasteiger partial charge in [-0.15, -0.1) is 0 Å². The van der Waals surface area contributed by atoms with Crippen molar-refractivity contribution in [3.8, 4) is 0 Å².